The monoisotopic (exact) mass is 358 g/mol. The fraction of sp³-hybridized carbons (Fsp3) is 0.474. The molecule has 0 radical (unpaired) electrons. The molecule has 1 amide bonds. The van der Waals surface area contributed by atoms with E-state index in [0.29, 0.717) is 18.8 Å². The van der Waals surface area contributed by atoms with Crippen LogP contribution in [-0.4, -0.2) is 49.0 Å². The van der Waals surface area contributed by atoms with Crippen LogP contribution >= 0.6 is 0 Å². The highest BCUT2D eigenvalue weighted by Gasteiger charge is 2.32. The molecule has 0 saturated carbocycles. The highest BCUT2D eigenvalue weighted by Crippen LogP contribution is 2.28. The van der Waals surface area contributed by atoms with E-state index in [0.717, 1.165) is 31.5 Å². The Morgan fingerprint density at radius 2 is 1.96 bits per heavy atom. The Kier molecular flexibility index (Phi) is 5.58. The third-order valence-electron chi connectivity index (χ3n) is 5.00. The molecule has 0 spiro atoms. The van der Waals surface area contributed by atoms with Gasteiger partial charge in [0.25, 0.3) is 11.5 Å². The lowest BCUT2D eigenvalue weighted by atomic mass is 9.79. The molecule has 1 aliphatic heterocycles. The Balaban J connectivity index is 1.71. The molecule has 0 aliphatic carbocycles. The summed E-state index contributed by atoms with van der Waals surface area (Å²) in [6, 6.07) is 8.87. The lowest BCUT2D eigenvalue weighted by Crippen LogP contribution is -2.47. The van der Waals surface area contributed by atoms with Gasteiger partial charge in [0, 0.05) is 25.1 Å². The molecular formula is C19H26N4O3. The van der Waals surface area contributed by atoms with Gasteiger partial charge in [-0.3, -0.25) is 14.7 Å². The van der Waals surface area contributed by atoms with Gasteiger partial charge < -0.3 is 15.4 Å². The van der Waals surface area contributed by atoms with Crippen molar-refractivity contribution in [3.8, 4) is 5.69 Å². The van der Waals surface area contributed by atoms with Crippen molar-refractivity contribution in [1.29, 1.82) is 0 Å². The molecule has 7 heteroatoms. The van der Waals surface area contributed by atoms with E-state index in [1.165, 1.54) is 10.7 Å². The molecule has 26 heavy (non-hydrogen) atoms. The predicted molar refractivity (Wildman–Crippen MR) is 99.9 cm³/mol. The Morgan fingerprint density at radius 1 is 1.27 bits per heavy atom. The molecule has 1 aromatic heterocycles. The summed E-state index contributed by atoms with van der Waals surface area (Å²) in [6.45, 7) is 4.95. The average Bonchev–Trinajstić information content (AvgIpc) is 3.03. The number of ether oxygens (including phenoxy) is 1. The summed E-state index contributed by atoms with van der Waals surface area (Å²) in [4.78, 5) is 24.8. The molecular weight excluding hydrogens is 332 g/mol. The van der Waals surface area contributed by atoms with Crippen LogP contribution < -0.4 is 16.2 Å². The molecule has 7 nitrogen and oxygen atoms in total. The second-order valence-electron chi connectivity index (χ2n) is 7.04. The van der Waals surface area contributed by atoms with E-state index in [-0.39, 0.29) is 22.6 Å². The van der Waals surface area contributed by atoms with Crippen LogP contribution in [0.2, 0.25) is 0 Å². The molecule has 1 fully saturated rings. The number of carbonyl (C=O) groups is 1. The van der Waals surface area contributed by atoms with Crippen LogP contribution in [0.5, 0.6) is 0 Å². The van der Waals surface area contributed by atoms with Crippen LogP contribution in [0.1, 0.15) is 28.9 Å². The van der Waals surface area contributed by atoms with Gasteiger partial charge in [0.1, 0.15) is 5.69 Å². The fourth-order valence-electron chi connectivity index (χ4n) is 3.40. The molecule has 3 N–H and O–H groups in total. The summed E-state index contributed by atoms with van der Waals surface area (Å²) in [7, 11) is 1.69. The summed E-state index contributed by atoms with van der Waals surface area (Å²) >= 11 is 0. The maximum Gasteiger partial charge on any atom is 0.271 e. The highest BCUT2D eigenvalue weighted by atomic mass is 16.5. The van der Waals surface area contributed by atoms with Crippen LogP contribution in [0, 0.1) is 12.3 Å². The zero-order valence-corrected chi connectivity index (χ0v) is 15.3. The minimum Gasteiger partial charge on any atom is -0.384 e. The maximum absolute atomic E-state index is 12.5. The van der Waals surface area contributed by atoms with Gasteiger partial charge in [-0.25, -0.2) is 4.68 Å². The van der Waals surface area contributed by atoms with E-state index in [2.05, 4.69) is 15.7 Å². The maximum atomic E-state index is 12.5. The van der Waals surface area contributed by atoms with Crippen molar-refractivity contribution in [3.05, 3.63) is 51.9 Å². The molecule has 2 heterocycles. The number of aromatic amines is 1. The van der Waals surface area contributed by atoms with Gasteiger partial charge in [0.2, 0.25) is 0 Å². The minimum absolute atomic E-state index is 0.0600. The van der Waals surface area contributed by atoms with Crippen molar-refractivity contribution in [3.63, 3.8) is 0 Å². The zero-order valence-electron chi connectivity index (χ0n) is 15.3. The number of nitrogens with one attached hydrogen (secondary N) is 3. The highest BCUT2D eigenvalue weighted by molar-refractivity contribution is 5.92. The lowest BCUT2D eigenvalue weighted by Gasteiger charge is -2.37. The fourth-order valence-corrected chi connectivity index (χ4v) is 3.40. The number of carbonyl (C=O) groups excluding carboxylic acids is 1. The molecule has 1 saturated heterocycles. The first-order valence-corrected chi connectivity index (χ1v) is 8.90. The first-order valence-electron chi connectivity index (χ1n) is 8.90. The number of aromatic nitrogens is 2. The second-order valence-corrected chi connectivity index (χ2v) is 7.04. The number of benzene rings is 1. The number of methoxy groups -OCH3 is 1. The molecule has 1 aliphatic rings. The average molecular weight is 358 g/mol. The van der Waals surface area contributed by atoms with Crippen molar-refractivity contribution in [2.24, 2.45) is 5.41 Å². The molecule has 0 unspecified atom stereocenters. The van der Waals surface area contributed by atoms with Crippen molar-refractivity contribution in [1.82, 2.24) is 20.4 Å². The Morgan fingerprint density at radius 3 is 2.62 bits per heavy atom. The summed E-state index contributed by atoms with van der Waals surface area (Å²) < 4.78 is 6.75. The summed E-state index contributed by atoms with van der Waals surface area (Å²) in [5.74, 6) is -0.276. The lowest BCUT2D eigenvalue weighted by molar-refractivity contribution is 0.0510. The standard InChI is InChI=1S/C19H26N4O3/c1-14-3-5-15(6-4-14)23-17(24)11-16(22-23)18(25)21-12-19(13-26-2)7-9-20-10-8-19/h3-6,11,20,22H,7-10,12-13H2,1-2H3,(H,21,25). The quantitative estimate of drug-likeness (QED) is 0.724. The van der Waals surface area contributed by atoms with Crippen LogP contribution in [-0.2, 0) is 4.74 Å². The van der Waals surface area contributed by atoms with Crippen molar-refractivity contribution >= 4 is 5.91 Å². The zero-order chi connectivity index (χ0) is 18.6. The van der Waals surface area contributed by atoms with Gasteiger partial charge in [-0.05, 0) is 45.0 Å². The van der Waals surface area contributed by atoms with Crippen molar-refractivity contribution < 1.29 is 9.53 Å². The van der Waals surface area contributed by atoms with Gasteiger partial charge >= 0.3 is 0 Å². The third-order valence-corrected chi connectivity index (χ3v) is 5.00. The van der Waals surface area contributed by atoms with E-state index in [1.807, 2.05) is 31.2 Å². The van der Waals surface area contributed by atoms with E-state index < -0.39 is 0 Å². The van der Waals surface area contributed by atoms with Gasteiger partial charge in [-0.1, -0.05) is 17.7 Å². The number of amides is 1. The van der Waals surface area contributed by atoms with E-state index in [4.69, 9.17) is 4.74 Å². The summed E-state index contributed by atoms with van der Waals surface area (Å²) in [5.41, 5.74) is 1.75. The normalized spacial score (nSPS) is 16.4. The smallest absolute Gasteiger partial charge is 0.271 e. The topological polar surface area (TPSA) is 88.2 Å². The summed E-state index contributed by atoms with van der Waals surface area (Å²) in [6.07, 6.45) is 1.89. The van der Waals surface area contributed by atoms with Gasteiger partial charge in [-0.2, -0.15) is 0 Å². The SMILES string of the molecule is COCC1(CNC(=O)c2cc(=O)n(-c3ccc(C)cc3)[nH]2)CCNCC1. The Labute approximate surface area is 152 Å². The molecule has 1 aromatic carbocycles. The second kappa shape index (κ2) is 7.88. The first-order chi connectivity index (χ1) is 12.5. The number of aryl methyl sites for hydroxylation is 1. The predicted octanol–water partition coefficient (Wildman–Crippen LogP) is 1.22. The number of hydrogen-bond acceptors (Lipinski definition) is 4. The van der Waals surface area contributed by atoms with Crippen LogP contribution in [0.4, 0.5) is 0 Å². The van der Waals surface area contributed by atoms with Crippen LogP contribution in [0.3, 0.4) is 0 Å². The number of hydrogen-bond donors (Lipinski definition) is 3. The number of H-pyrrole nitrogens is 1. The Hall–Kier alpha value is -2.38. The number of rotatable bonds is 6. The number of piperidine rings is 1. The van der Waals surface area contributed by atoms with Crippen LogP contribution in [0.15, 0.2) is 35.1 Å². The van der Waals surface area contributed by atoms with Gasteiger partial charge in [0.05, 0.1) is 12.3 Å². The van der Waals surface area contributed by atoms with E-state index in [1.54, 1.807) is 7.11 Å². The molecule has 3 rings (SSSR count). The summed E-state index contributed by atoms with van der Waals surface area (Å²) in [5, 5.41) is 9.19. The first kappa shape index (κ1) is 18.4. The van der Waals surface area contributed by atoms with Crippen molar-refractivity contribution in [2.45, 2.75) is 19.8 Å². The molecule has 2 aromatic rings. The molecule has 140 valence electrons. The van der Waals surface area contributed by atoms with Crippen molar-refractivity contribution in [2.75, 3.05) is 33.4 Å². The third kappa shape index (κ3) is 4.05. The van der Waals surface area contributed by atoms with Crippen LogP contribution in [0.25, 0.3) is 5.69 Å². The van der Waals surface area contributed by atoms with E-state index >= 15 is 0 Å². The van der Waals surface area contributed by atoms with E-state index in [9.17, 15) is 9.59 Å². The Bertz CT molecular complexity index is 795. The molecule has 0 bridgehead atoms. The van der Waals surface area contributed by atoms with Gasteiger partial charge in [0.15, 0.2) is 0 Å². The molecule has 0 atom stereocenters. The number of nitrogens with zero attached hydrogens (tertiary/aromatic N) is 1. The minimum atomic E-state index is -0.276. The largest absolute Gasteiger partial charge is 0.384 e. The van der Waals surface area contributed by atoms with Gasteiger partial charge in [-0.15, -0.1) is 0 Å².